The third-order valence-corrected chi connectivity index (χ3v) is 6.14. The molecule has 8 nitrogen and oxygen atoms in total. The molecule has 3 aromatic heterocycles. The molecule has 0 aliphatic carbocycles. The Morgan fingerprint density at radius 3 is 2.58 bits per heavy atom. The lowest BCUT2D eigenvalue weighted by atomic mass is 9.98. The molecule has 198 valence electrons. The summed E-state index contributed by atoms with van der Waals surface area (Å²) in [4.78, 5) is 18.8. The molecule has 1 fully saturated rings. The molecule has 1 unspecified atom stereocenters. The van der Waals surface area contributed by atoms with Gasteiger partial charge in [0, 0.05) is 37.5 Å². The standard InChI is InChI=1S/C25H35N7.C2H6.CH5N/c1-6-12-30(7-2)23-11-14-32-24(28-23)16-21(29-32)22-10-8-9-13-31(22)25-20(15-18(3)4)19(5)26-17-27-25;2*1-2/h11,14-17,22H,6-10,12-13H2,1-5H3;1-2H3;2H2,1H3. The van der Waals surface area contributed by atoms with E-state index >= 15 is 0 Å². The number of nitrogens with zero attached hydrogens (tertiary/aromatic N) is 7. The molecule has 3 aromatic rings. The van der Waals surface area contributed by atoms with Crippen molar-refractivity contribution in [3.63, 3.8) is 0 Å². The zero-order valence-corrected chi connectivity index (χ0v) is 23.6. The lowest BCUT2D eigenvalue weighted by molar-refractivity contribution is 0.459. The van der Waals surface area contributed by atoms with Crippen LogP contribution in [0.2, 0.25) is 0 Å². The van der Waals surface area contributed by atoms with Crippen LogP contribution in [0.15, 0.2) is 30.2 Å². The van der Waals surface area contributed by atoms with Crippen LogP contribution >= 0.6 is 0 Å². The number of rotatable bonds is 7. The quantitative estimate of drug-likeness (QED) is 0.443. The molecule has 0 spiro atoms. The van der Waals surface area contributed by atoms with Gasteiger partial charge in [-0.3, -0.25) is 0 Å². The van der Waals surface area contributed by atoms with Crippen molar-refractivity contribution in [2.24, 2.45) is 5.73 Å². The van der Waals surface area contributed by atoms with Crippen molar-refractivity contribution in [2.75, 3.05) is 36.5 Å². The van der Waals surface area contributed by atoms with E-state index in [1.165, 1.54) is 19.0 Å². The second-order valence-electron chi connectivity index (χ2n) is 8.86. The van der Waals surface area contributed by atoms with Gasteiger partial charge in [-0.15, -0.1) is 0 Å². The van der Waals surface area contributed by atoms with E-state index in [9.17, 15) is 0 Å². The molecule has 8 heteroatoms. The van der Waals surface area contributed by atoms with Gasteiger partial charge in [-0.1, -0.05) is 32.4 Å². The predicted molar refractivity (Wildman–Crippen MR) is 153 cm³/mol. The maximum absolute atomic E-state index is 4.93. The van der Waals surface area contributed by atoms with Crippen molar-refractivity contribution in [1.82, 2.24) is 24.6 Å². The minimum atomic E-state index is 0.186. The summed E-state index contributed by atoms with van der Waals surface area (Å²) >= 11 is 0. The topological polar surface area (TPSA) is 88.5 Å². The lowest BCUT2D eigenvalue weighted by Gasteiger charge is -2.36. The van der Waals surface area contributed by atoms with Crippen molar-refractivity contribution in [3.05, 3.63) is 47.2 Å². The highest BCUT2D eigenvalue weighted by molar-refractivity contribution is 5.68. The summed E-state index contributed by atoms with van der Waals surface area (Å²) in [5.41, 5.74) is 9.84. The van der Waals surface area contributed by atoms with Crippen molar-refractivity contribution < 1.29 is 0 Å². The molecule has 0 aromatic carbocycles. The first kappa shape index (κ1) is 29.2. The highest BCUT2D eigenvalue weighted by atomic mass is 15.3. The first-order valence-electron chi connectivity index (χ1n) is 13.4. The SMILES string of the molecule is CC.CCCN(CC)c1ccn2nc(C3CCCCN3c3ncnc(C)c3C=C(C)C)cc2n1.CN. The Labute approximate surface area is 217 Å². The Balaban J connectivity index is 0.00000109. The summed E-state index contributed by atoms with van der Waals surface area (Å²) in [6.45, 7) is 17.6. The average molecular weight is 495 g/mol. The van der Waals surface area contributed by atoms with Gasteiger partial charge in [-0.05, 0) is 66.5 Å². The van der Waals surface area contributed by atoms with Gasteiger partial charge in [-0.25, -0.2) is 19.5 Å². The number of nitrogens with two attached hydrogens (primary N) is 1. The van der Waals surface area contributed by atoms with Crippen molar-refractivity contribution in [2.45, 2.75) is 80.2 Å². The fraction of sp³-hybridized carbons (Fsp3) is 0.571. The Morgan fingerprint density at radius 2 is 1.92 bits per heavy atom. The van der Waals surface area contributed by atoms with Crippen LogP contribution in [-0.2, 0) is 0 Å². The molecule has 1 aliphatic rings. The smallest absolute Gasteiger partial charge is 0.157 e. The van der Waals surface area contributed by atoms with E-state index in [2.05, 4.69) is 73.3 Å². The monoisotopic (exact) mass is 494 g/mol. The molecule has 0 saturated carbocycles. The second kappa shape index (κ2) is 14.5. The Kier molecular flexibility index (Phi) is 11.8. The fourth-order valence-corrected chi connectivity index (χ4v) is 4.58. The van der Waals surface area contributed by atoms with Crippen LogP contribution in [0.5, 0.6) is 0 Å². The largest absolute Gasteiger partial charge is 0.357 e. The first-order valence-corrected chi connectivity index (χ1v) is 13.4. The number of fused-ring (bicyclic) bond motifs is 1. The molecule has 0 radical (unpaired) electrons. The maximum Gasteiger partial charge on any atom is 0.157 e. The Bertz CT molecular complexity index is 1100. The number of hydrogen-bond acceptors (Lipinski definition) is 7. The summed E-state index contributed by atoms with van der Waals surface area (Å²) < 4.78 is 1.91. The van der Waals surface area contributed by atoms with Crippen LogP contribution in [0.3, 0.4) is 0 Å². The van der Waals surface area contributed by atoms with Crippen LogP contribution in [0, 0.1) is 6.92 Å². The van der Waals surface area contributed by atoms with Gasteiger partial charge in [0.25, 0.3) is 0 Å². The van der Waals surface area contributed by atoms with Crippen molar-refractivity contribution in [3.8, 4) is 0 Å². The Hall–Kier alpha value is -3.00. The van der Waals surface area contributed by atoms with Crippen LogP contribution < -0.4 is 15.5 Å². The predicted octanol–water partition coefficient (Wildman–Crippen LogP) is 5.82. The maximum atomic E-state index is 4.93. The summed E-state index contributed by atoms with van der Waals surface area (Å²) in [5.74, 6) is 2.03. The van der Waals surface area contributed by atoms with Crippen LogP contribution in [0.4, 0.5) is 11.6 Å². The lowest BCUT2D eigenvalue weighted by Crippen LogP contribution is -2.35. The number of hydrogen-bond donors (Lipinski definition) is 1. The van der Waals surface area contributed by atoms with E-state index in [1.807, 2.05) is 24.6 Å². The Morgan fingerprint density at radius 1 is 1.17 bits per heavy atom. The molecule has 1 atom stereocenters. The highest BCUT2D eigenvalue weighted by Crippen LogP contribution is 2.36. The first-order chi connectivity index (χ1) is 17.5. The average Bonchev–Trinajstić information content (AvgIpc) is 3.34. The van der Waals surface area contributed by atoms with Gasteiger partial charge < -0.3 is 15.5 Å². The van der Waals surface area contributed by atoms with Gasteiger partial charge in [0.2, 0.25) is 0 Å². The number of piperidine rings is 1. The van der Waals surface area contributed by atoms with Gasteiger partial charge >= 0.3 is 0 Å². The van der Waals surface area contributed by atoms with E-state index in [1.54, 1.807) is 6.33 Å². The molecule has 1 aliphatic heterocycles. The summed E-state index contributed by atoms with van der Waals surface area (Å²) in [7, 11) is 1.50. The van der Waals surface area contributed by atoms with Gasteiger partial charge in [-0.2, -0.15) is 5.10 Å². The molecular formula is C28H46N8. The summed E-state index contributed by atoms with van der Waals surface area (Å²) in [6, 6.07) is 4.41. The fourth-order valence-electron chi connectivity index (χ4n) is 4.58. The normalized spacial score (nSPS) is 14.9. The van der Waals surface area contributed by atoms with E-state index in [4.69, 9.17) is 15.1 Å². The van der Waals surface area contributed by atoms with E-state index in [0.717, 1.165) is 73.1 Å². The number of aromatic nitrogens is 5. The zero-order chi connectivity index (χ0) is 26.7. The van der Waals surface area contributed by atoms with Crippen LogP contribution in [0.25, 0.3) is 11.7 Å². The summed E-state index contributed by atoms with van der Waals surface area (Å²) in [6.07, 6.45) is 10.4. The number of aryl methyl sites for hydroxylation is 1. The molecule has 4 heterocycles. The molecule has 2 N–H and O–H groups in total. The van der Waals surface area contributed by atoms with Gasteiger partial charge in [0.15, 0.2) is 5.65 Å². The van der Waals surface area contributed by atoms with Gasteiger partial charge in [0.1, 0.15) is 18.0 Å². The molecule has 4 rings (SSSR count). The third kappa shape index (κ3) is 6.81. The minimum Gasteiger partial charge on any atom is -0.357 e. The van der Waals surface area contributed by atoms with E-state index < -0.39 is 0 Å². The molecule has 1 saturated heterocycles. The van der Waals surface area contributed by atoms with Crippen molar-refractivity contribution >= 4 is 23.4 Å². The molecule has 0 amide bonds. The number of anilines is 2. The second-order valence-corrected chi connectivity index (χ2v) is 8.86. The third-order valence-electron chi connectivity index (χ3n) is 6.14. The van der Waals surface area contributed by atoms with Crippen LogP contribution in [-0.4, -0.2) is 51.2 Å². The highest BCUT2D eigenvalue weighted by Gasteiger charge is 2.29. The van der Waals surface area contributed by atoms with Crippen molar-refractivity contribution in [1.29, 1.82) is 0 Å². The van der Waals surface area contributed by atoms with Crippen LogP contribution in [0.1, 0.15) is 90.2 Å². The number of allylic oxidation sites excluding steroid dienone is 1. The zero-order valence-electron chi connectivity index (χ0n) is 23.6. The molecule has 0 bridgehead atoms. The molecular weight excluding hydrogens is 448 g/mol. The van der Waals surface area contributed by atoms with Gasteiger partial charge in [0.05, 0.1) is 17.4 Å². The van der Waals surface area contributed by atoms with E-state index in [-0.39, 0.29) is 6.04 Å². The molecule has 36 heavy (non-hydrogen) atoms. The summed E-state index contributed by atoms with van der Waals surface area (Å²) in [5, 5.41) is 4.93. The minimum absolute atomic E-state index is 0.186. The van der Waals surface area contributed by atoms with E-state index in [0.29, 0.717) is 0 Å².